The molecular formula is C24H28N4O2S2. The fourth-order valence-corrected chi connectivity index (χ4v) is 6.67. The van der Waals surface area contributed by atoms with Crippen LogP contribution in [0.4, 0.5) is 0 Å². The molecule has 3 aromatic rings. The van der Waals surface area contributed by atoms with E-state index in [4.69, 9.17) is 4.98 Å². The first-order chi connectivity index (χ1) is 15.7. The maximum Gasteiger partial charge on any atom is 0.259 e. The third-order valence-corrected chi connectivity index (χ3v) is 8.43. The molecule has 5 rings (SSSR count). The Balaban J connectivity index is 1.12. The SMILES string of the molecule is O=C(CSCc1nc2sc3c(c2c(=O)[nH]1)CCCC3)N1CCN(Cc2ccccc2)CC1. The van der Waals surface area contributed by atoms with E-state index in [-0.39, 0.29) is 11.5 Å². The number of piperazine rings is 1. The lowest BCUT2D eigenvalue weighted by molar-refractivity contribution is -0.130. The van der Waals surface area contributed by atoms with E-state index in [1.165, 1.54) is 34.2 Å². The second kappa shape index (κ2) is 9.77. The number of rotatable bonds is 6. The van der Waals surface area contributed by atoms with Crippen LogP contribution in [0, 0.1) is 0 Å². The number of fused-ring (bicyclic) bond motifs is 3. The number of nitrogens with zero attached hydrogens (tertiary/aromatic N) is 3. The Labute approximate surface area is 196 Å². The average molecular weight is 469 g/mol. The molecule has 1 aliphatic heterocycles. The number of aromatic nitrogens is 2. The first kappa shape index (κ1) is 21.7. The number of nitrogens with one attached hydrogen (secondary N) is 1. The Kier molecular flexibility index (Phi) is 6.62. The molecule has 168 valence electrons. The highest BCUT2D eigenvalue weighted by atomic mass is 32.2. The van der Waals surface area contributed by atoms with Crippen LogP contribution >= 0.6 is 23.1 Å². The summed E-state index contributed by atoms with van der Waals surface area (Å²) in [6, 6.07) is 10.5. The zero-order valence-electron chi connectivity index (χ0n) is 18.1. The predicted molar refractivity (Wildman–Crippen MR) is 131 cm³/mol. The number of aryl methyl sites for hydroxylation is 2. The van der Waals surface area contributed by atoms with Crippen molar-refractivity contribution in [1.29, 1.82) is 0 Å². The van der Waals surface area contributed by atoms with Crippen molar-refractivity contribution >= 4 is 39.2 Å². The van der Waals surface area contributed by atoms with Crippen LogP contribution in [-0.2, 0) is 29.9 Å². The van der Waals surface area contributed by atoms with Gasteiger partial charge in [0.1, 0.15) is 10.7 Å². The lowest BCUT2D eigenvalue weighted by Crippen LogP contribution is -2.48. The van der Waals surface area contributed by atoms with Crippen LogP contribution in [0.15, 0.2) is 35.1 Å². The Morgan fingerprint density at radius 1 is 1.09 bits per heavy atom. The number of hydrogen-bond donors (Lipinski definition) is 1. The van der Waals surface area contributed by atoms with Crippen LogP contribution < -0.4 is 5.56 Å². The first-order valence-corrected chi connectivity index (χ1v) is 13.3. The maximum absolute atomic E-state index is 12.7. The van der Waals surface area contributed by atoms with Gasteiger partial charge < -0.3 is 9.88 Å². The number of hydrogen-bond acceptors (Lipinski definition) is 6. The smallest absolute Gasteiger partial charge is 0.259 e. The molecule has 8 heteroatoms. The van der Waals surface area contributed by atoms with E-state index in [0.717, 1.165) is 62.2 Å². The second-order valence-electron chi connectivity index (χ2n) is 8.54. The summed E-state index contributed by atoms with van der Waals surface area (Å²) in [5.41, 5.74) is 2.50. The van der Waals surface area contributed by atoms with E-state index in [2.05, 4.69) is 34.1 Å². The third kappa shape index (κ3) is 4.77. The molecule has 1 saturated heterocycles. The van der Waals surface area contributed by atoms with Gasteiger partial charge in [-0.05, 0) is 36.8 Å². The van der Waals surface area contributed by atoms with Gasteiger partial charge in [-0.15, -0.1) is 23.1 Å². The number of thioether (sulfide) groups is 1. The molecule has 0 unspecified atom stereocenters. The molecule has 2 aliphatic rings. The Morgan fingerprint density at radius 2 is 1.88 bits per heavy atom. The minimum atomic E-state index is -0.0223. The van der Waals surface area contributed by atoms with Crippen molar-refractivity contribution in [1.82, 2.24) is 19.8 Å². The van der Waals surface area contributed by atoms with Crippen LogP contribution in [0.5, 0.6) is 0 Å². The topological polar surface area (TPSA) is 69.3 Å². The molecule has 1 fully saturated rings. The number of amides is 1. The monoisotopic (exact) mass is 468 g/mol. The minimum absolute atomic E-state index is 0.0223. The molecule has 0 spiro atoms. The van der Waals surface area contributed by atoms with Crippen LogP contribution in [0.3, 0.4) is 0 Å². The zero-order valence-corrected chi connectivity index (χ0v) is 19.8. The van der Waals surface area contributed by atoms with Crippen LogP contribution in [-0.4, -0.2) is 57.6 Å². The van der Waals surface area contributed by atoms with Gasteiger partial charge in [0, 0.05) is 37.6 Å². The number of carbonyl (C=O) groups is 1. The molecular weight excluding hydrogens is 440 g/mol. The highest BCUT2D eigenvalue weighted by molar-refractivity contribution is 7.99. The van der Waals surface area contributed by atoms with Gasteiger partial charge >= 0.3 is 0 Å². The third-order valence-electron chi connectivity index (χ3n) is 6.31. The molecule has 0 atom stereocenters. The second-order valence-corrected chi connectivity index (χ2v) is 10.6. The van der Waals surface area contributed by atoms with Crippen molar-refractivity contribution in [2.45, 2.75) is 38.0 Å². The normalized spacial score (nSPS) is 16.9. The summed E-state index contributed by atoms with van der Waals surface area (Å²) in [4.78, 5) is 39.5. The Morgan fingerprint density at radius 3 is 2.69 bits per heavy atom. The molecule has 32 heavy (non-hydrogen) atoms. The summed E-state index contributed by atoms with van der Waals surface area (Å²) in [7, 11) is 0. The van der Waals surface area contributed by atoms with Gasteiger partial charge in [0.05, 0.1) is 16.9 Å². The fourth-order valence-electron chi connectivity index (χ4n) is 4.60. The molecule has 6 nitrogen and oxygen atoms in total. The van der Waals surface area contributed by atoms with Gasteiger partial charge in [0.2, 0.25) is 5.91 Å². The molecule has 1 aliphatic carbocycles. The van der Waals surface area contributed by atoms with Crippen molar-refractivity contribution < 1.29 is 4.79 Å². The molecule has 1 aromatic carbocycles. The molecule has 3 heterocycles. The summed E-state index contributed by atoms with van der Waals surface area (Å²) in [6.45, 7) is 4.28. The van der Waals surface area contributed by atoms with Crippen molar-refractivity contribution in [3.8, 4) is 0 Å². The minimum Gasteiger partial charge on any atom is -0.339 e. The van der Waals surface area contributed by atoms with Crippen LogP contribution in [0.2, 0.25) is 0 Å². The van der Waals surface area contributed by atoms with Crippen LogP contribution in [0.1, 0.15) is 34.7 Å². The van der Waals surface area contributed by atoms with Crippen molar-refractivity contribution in [3.63, 3.8) is 0 Å². The van der Waals surface area contributed by atoms with Gasteiger partial charge in [-0.2, -0.15) is 0 Å². The maximum atomic E-state index is 12.7. The zero-order chi connectivity index (χ0) is 21.9. The molecule has 0 saturated carbocycles. The Hall–Kier alpha value is -2.16. The summed E-state index contributed by atoms with van der Waals surface area (Å²) >= 11 is 3.20. The number of thiophene rings is 1. The summed E-state index contributed by atoms with van der Waals surface area (Å²) in [6.07, 6.45) is 4.40. The number of H-pyrrole nitrogens is 1. The standard InChI is InChI=1S/C24H28N4O2S2/c29-21(28-12-10-27(11-13-28)14-17-6-2-1-3-7-17)16-31-15-20-25-23(30)22-18-8-4-5-9-19(18)32-24(22)26-20/h1-3,6-7H,4-5,8-16H2,(H,25,26,30). The van der Waals surface area contributed by atoms with Gasteiger partial charge in [-0.1, -0.05) is 30.3 Å². The summed E-state index contributed by atoms with van der Waals surface area (Å²) < 4.78 is 0. The summed E-state index contributed by atoms with van der Waals surface area (Å²) in [5.74, 6) is 1.81. The van der Waals surface area contributed by atoms with Gasteiger partial charge in [0.15, 0.2) is 0 Å². The Bertz CT molecular complexity index is 1150. The van der Waals surface area contributed by atoms with E-state index in [1.54, 1.807) is 11.3 Å². The van der Waals surface area contributed by atoms with Crippen molar-refractivity contribution in [3.05, 3.63) is 62.5 Å². The fraction of sp³-hybridized carbons (Fsp3) is 0.458. The highest BCUT2D eigenvalue weighted by Crippen LogP contribution is 2.33. The summed E-state index contributed by atoms with van der Waals surface area (Å²) in [5, 5.41) is 0.794. The highest BCUT2D eigenvalue weighted by Gasteiger charge is 2.22. The first-order valence-electron chi connectivity index (χ1n) is 11.3. The number of benzene rings is 1. The molecule has 0 radical (unpaired) electrons. The molecule has 1 N–H and O–H groups in total. The van der Waals surface area contributed by atoms with E-state index < -0.39 is 0 Å². The molecule has 2 aromatic heterocycles. The van der Waals surface area contributed by atoms with E-state index in [0.29, 0.717) is 17.3 Å². The number of carbonyl (C=O) groups excluding carboxylic acids is 1. The lowest BCUT2D eigenvalue weighted by atomic mass is 9.97. The van der Waals surface area contributed by atoms with Crippen molar-refractivity contribution in [2.75, 3.05) is 31.9 Å². The quantitative estimate of drug-likeness (QED) is 0.600. The van der Waals surface area contributed by atoms with Crippen LogP contribution in [0.25, 0.3) is 10.2 Å². The molecule has 1 amide bonds. The lowest BCUT2D eigenvalue weighted by Gasteiger charge is -2.34. The van der Waals surface area contributed by atoms with E-state index >= 15 is 0 Å². The average Bonchev–Trinajstić information content (AvgIpc) is 3.19. The number of aromatic amines is 1. The largest absolute Gasteiger partial charge is 0.339 e. The van der Waals surface area contributed by atoms with Gasteiger partial charge in [-0.25, -0.2) is 4.98 Å². The molecule has 0 bridgehead atoms. The van der Waals surface area contributed by atoms with E-state index in [1.807, 2.05) is 11.0 Å². The van der Waals surface area contributed by atoms with Gasteiger partial charge in [0.25, 0.3) is 5.56 Å². The van der Waals surface area contributed by atoms with Gasteiger partial charge in [-0.3, -0.25) is 14.5 Å². The van der Waals surface area contributed by atoms with Crippen molar-refractivity contribution in [2.24, 2.45) is 0 Å². The van der Waals surface area contributed by atoms with E-state index in [9.17, 15) is 9.59 Å². The predicted octanol–water partition coefficient (Wildman–Crippen LogP) is 3.44.